The van der Waals surface area contributed by atoms with Crippen LogP contribution in [0.5, 0.6) is 0 Å². The molecule has 0 aliphatic rings. The Hall–Kier alpha value is -1.56. The molecule has 2 N–H and O–H groups in total. The molecule has 0 amide bonds. The summed E-state index contributed by atoms with van der Waals surface area (Å²) in [6.45, 7) is 3.76. The fourth-order valence-electron chi connectivity index (χ4n) is 1.13. The average Bonchev–Trinajstić information content (AvgIpc) is 2.49. The summed E-state index contributed by atoms with van der Waals surface area (Å²) in [5, 5.41) is 3.90. The van der Waals surface area contributed by atoms with Gasteiger partial charge in [0.2, 0.25) is 0 Å². The number of aromatic nitrogens is 4. The molecule has 2 heterocycles. The number of hydrogen-bond acceptors (Lipinski definition) is 6. The Morgan fingerprint density at radius 1 is 1.29 bits per heavy atom. The predicted octanol–water partition coefficient (Wildman–Crippen LogP) is 1.19. The summed E-state index contributed by atoms with van der Waals surface area (Å²) >= 11 is 1.28. The first-order chi connectivity index (χ1) is 6.66. The van der Waals surface area contributed by atoms with Crippen molar-refractivity contribution in [2.45, 2.75) is 13.8 Å². The molecule has 72 valence electrons. The first-order valence-electron chi connectivity index (χ1n) is 4.07. The summed E-state index contributed by atoms with van der Waals surface area (Å²) in [4.78, 5) is 9.29. The van der Waals surface area contributed by atoms with Gasteiger partial charge in [0.15, 0.2) is 5.82 Å². The SMILES string of the molecule is Cc1cc(N)nc(-c2snnc2C)n1. The van der Waals surface area contributed by atoms with Gasteiger partial charge in [0, 0.05) is 11.8 Å². The molecule has 2 aromatic heterocycles. The number of nitrogens with zero attached hydrogens (tertiary/aromatic N) is 4. The highest BCUT2D eigenvalue weighted by atomic mass is 32.1. The van der Waals surface area contributed by atoms with Crippen molar-refractivity contribution in [3.05, 3.63) is 17.5 Å². The Balaban J connectivity index is 2.57. The molecule has 0 saturated carbocycles. The Kier molecular flexibility index (Phi) is 2.12. The normalized spacial score (nSPS) is 10.4. The van der Waals surface area contributed by atoms with E-state index in [1.165, 1.54) is 11.5 Å². The second-order valence-electron chi connectivity index (χ2n) is 2.95. The van der Waals surface area contributed by atoms with E-state index in [0.717, 1.165) is 16.3 Å². The van der Waals surface area contributed by atoms with Crippen LogP contribution < -0.4 is 5.73 Å². The van der Waals surface area contributed by atoms with Crippen molar-refractivity contribution in [2.24, 2.45) is 0 Å². The maximum Gasteiger partial charge on any atom is 0.175 e. The predicted molar refractivity (Wildman–Crippen MR) is 54.8 cm³/mol. The van der Waals surface area contributed by atoms with Crippen LogP contribution in [0.4, 0.5) is 5.82 Å². The number of nitrogens with two attached hydrogens (primary N) is 1. The van der Waals surface area contributed by atoms with E-state index < -0.39 is 0 Å². The van der Waals surface area contributed by atoms with Crippen LogP contribution in [0.15, 0.2) is 6.07 Å². The minimum absolute atomic E-state index is 0.473. The maximum absolute atomic E-state index is 5.63. The molecule has 5 nitrogen and oxygen atoms in total. The molecule has 0 spiro atoms. The van der Waals surface area contributed by atoms with E-state index in [1.54, 1.807) is 6.07 Å². The number of anilines is 1. The van der Waals surface area contributed by atoms with E-state index >= 15 is 0 Å². The van der Waals surface area contributed by atoms with Gasteiger partial charge >= 0.3 is 0 Å². The third-order valence-corrected chi connectivity index (χ3v) is 2.55. The molecule has 0 aliphatic heterocycles. The summed E-state index contributed by atoms with van der Waals surface area (Å²) in [6, 6.07) is 1.73. The maximum atomic E-state index is 5.63. The average molecular weight is 207 g/mol. The quantitative estimate of drug-likeness (QED) is 0.760. The molecule has 0 unspecified atom stereocenters. The van der Waals surface area contributed by atoms with Gasteiger partial charge in [-0.2, -0.15) is 0 Å². The number of nitrogen functional groups attached to an aromatic ring is 1. The van der Waals surface area contributed by atoms with Gasteiger partial charge in [-0.15, -0.1) is 5.10 Å². The van der Waals surface area contributed by atoms with Gasteiger partial charge in [0.1, 0.15) is 10.7 Å². The van der Waals surface area contributed by atoms with Gasteiger partial charge in [-0.1, -0.05) is 4.49 Å². The Labute approximate surface area is 85.2 Å². The Bertz CT molecular complexity index is 444. The lowest BCUT2D eigenvalue weighted by molar-refractivity contribution is 1.07. The molecule has 14 heavy (non-hydrogen) atoms. The van der Waals surface area contributed by atoms with Crippen molar-refractivity contribution < 1.29 is 0 Å². The van der Waals surface area contributed by atoms with Crippen molar-refractivity contribution >= 4 is 17.4 Å². The Morgan fingerprint density at radius 2 is 2.07 bits per heavy atom. The standard InChI is InChI=1S/C8H9N5S/c1-4-3-6(9)11-8(10-4)7-5(2)12-13-14-7/h3H,1-2H3,(H2,9,10,11). The number of aryl methyl sites for hydroxylation is 2. The molecular formula is C8H9N5S. The summed E-state index contributed by atoms with van der Waals surface area (Å²) in [6.07, 6.45) is 0. The summed E-state index contributed by atoms with van der Waals surface area (Å²) in [7, 11) is 0. The lowest BCUT2D eigenvalue weighted by Gasteiger charge is -1.99. The Morgan fingerprint density at radius 3 is 2.64 bits per heavy atom. The van der Waals surface area contributed by atoms with Gasteiger partial charge in [-0.25, -0.2) is 9.97 Å². The third-order valence-electron chi connectivity index (χ3n) is 1.73. The van der Waals surface area contributed by atoms with Crippen LogP contribution in [-0.2, 0) is 0 Å². The third kappa shape index (κ3) is 1.56. The van der Waals surface area contributed by atoms with Gasteiger partial charge in [-0.05, 0) is 25.4 Å². The fourth-order valence-corrected chi connectivity index (χ4v) is 1.72. The number of rotatable bonds is 1. The molecule has 0 aromatic carbocycles. The van der Waals surface area contributed by atoms with Crippen LogP contribution in [0, 0.1) is 13.8 Å². The van der Waals surface area contributed by atoms with E-state index in [9.17, 15) is 0 Å². The first kappa shape index (κ1) is 9.01. The fraction of sp³-hybridized carbons (Fsp3) is 0.250. The molecule has 0 fully saturated rings. The molecule has 0 atom stereocenters. The summed E-state index contributed by atoms with van der Waals surface area (Å²) in [5.74, 6) is 1.08. The van der Waals surface area contributed by atoms with Gasteiger partial charge < -0.3 is 5.73 Å². The smallest absolute Gasteiger partial charge is 0.175 e. The zero-order chi connectivity index (χ0) is 10.1. The minimum atomic E-state index is 0.473. The highest BCUT2D eigenvalue weighted by molar-refractivity contribution is 7.09. The van der Waals surface area contributed by atoms with E-state index in [1.807, 2.05) is 13.8 Å². The zero-order valence-electron chi connectivity index (χ0n) is 7.85. The van der Waals surface area contributed by atoms with Gasteiger partial charge in [-0.3, -0.25) is 0 Å². The molecule has 6 heteroatoms. The number of hydrogen-bond donors (Lipinski definition) is 1. The van der Waals surface area contributed by atoms with Crippen LogP contribution in [0.25, 0.3) is 10.7 Å². The van der Waals surface area contributed by atoms with Crippen LogP contribution in [0.3, 0.4) is 0 Å². The van der Waals surface area contributed by atoms with Gasteiger partial charge in [0.05, 0.1) is 5.69 Å². The monoisotopic (exact) mass is 207 g/mol. The van der Waals surface area contributed by atoms with E-state index in [2.05, 4.69) is 19.6 Å². The largest absolute Gasteiger partial charge is 0.384 e. The van der Waals surface area contributed by atoms with Gasteiger partial charge in [0.25, 0.3) is 0 Å². The molecule has 0 radical (unpaired) electrons. The summed E-state index contributed by atoms with van der Waals surface area (Å²) in [5.41, 5.74) is 7.31. The topological polar surface area (TPSA) is 77.6 Å². The van der Waals surface area contributed by atoms with Crippen LogP contribution in [-0.4, -0.2) is 19.6 Å². The highest BCUT2D eigenvalue weighted by Crippen LogP contribution is 2.22. The molecule has 0 bridgehead atoms. The van der Waals surface area contributed by atoms with Crippen molar-refractivity contribution in [1.82, 2.24) is 19.6 Å². The molecular weight excluding hydrogens is 198 g/mol. The summed E-state index contributed by atoms with van der Waals surface area (Å²) < 4.78 is 3.83. The second kappa shape index (κ2) is 3.30. The molecule has 0 aliphatic carbocycles. The second-order valence-corrected chi connectivity index (χ2v) is 3.70. The zero-order valence-corrected chi connectivity index (χ0v) is 8.67. The highest BCUT2D eigenvalue weighted by Gasteiger charge is 2.10. The van der Waals surface area contributed by atoms with Crippen molar-refractivity contribution in [1.29, 1.82) is 0 Å². The molecule has 2 rings (SSSR count). The lowest BCUT2D eigenvalue weighted by atomic mass is 10.3. The lowest BCUT2D eigenvalue weighted by Crippen LogP contribution is -1.97. The minimum Gasteiger partial charge on any atom is -0.384 e. The van der Waals surface area contributed by atoms with E-state index in [-0.39, 0.29) is 0 Å². The van der Waals surface area contributed by atoms with Crippen LogP contribution in [0.2, 0.25) is 0 Å². The van der Waals surface area contributed by atoms with E-state index in [4.69, 9.17) is 5.73 Å². The first-order valence-corrected chi connectivity index (χ1v) is 4.84. The molecule has 2 aromatic rings. The van der Waals surface area contributed by atoms with Crippen molar-refractivity contribution in [3.8, 4) is 10.7 Å². The van der Waals surface area contributed by atoms with E-state index in [0.29, 0.717) is 11.6 Å². The molecule has 0 saturated heterocycles. The van der Waals surface area contributed by atoms with Crippen molar-refractivity contribution in [3.63, 3.8) is 0 Å². The van der Waals surface area contributed by atoms with Crippen LogP contribution >= 0.6 is 11.5 Å². The van der Waals surface area contributed by atoms with Crippen LogP contribution in [0.1, 0.15) is 11.4 Å². The van der Waals surface area contributed by atoms with Crippen molar-refractivity contribution in [2.75, 3.05) is 5.73 Å².